The van der Waals surface area contributed by atoms with Gasteiger partial charge in [-0.15, -0.1) is 0 Å². The molecule has 0 saturated heterocycles. The van der Waals surface area contributed by atoms with Crippen LogP contribution in [-0.2, 0) is 23.9 Å². The Kier molecular flexibility index (Phi) is 14.5. The molecule has 0 fully saturated rings. The van der Waals surface area contributed by atoms with Gasteiger partial charge < -0.3 is 14.6 Å². The molecule has 0 heterocycles. The molecule has 6 nitrogen and oxygen atoms in total. The number of rotatable bonds is 16. The molecule has 0 aromatic heterocycles. The number of carbonyl (C=O) groups excluding carboxylic acids is 2. The number of hydrogen-bond acceptors (Lipinski definition) is 5. The summed E-state index contributed by atoms with van der Waals surface area (Å²) in [7, 11) is 0. The van der Waals surface area contributed by atoms with Crippen molar-refractivity contribution in [3.05, 3.63) is 0 Å². The Labute approximate surface area is 170 Å². The molecule has 0 bridgehead atoms. The molecule has 28 heavy (non-hydrogen) atoms. The van der Waals surface area contributed by atoms with Crippen molar-refractivity contribution in [2.75, 3.05) is 0 Å². The Morgan fingerprint density at radius 3 is 1.71 bits per heavy atom. The van der Waals surface area contributed by atoms with Crippen LogP contribution in [0, 0.1) is 11.8 Å². The summed E-state index contributed by atoms with van der Waals surface area (Å²) < 4.78 is 10.5. The van der Waals surface area contributed by atoms with Crippen molar-refractivity contribution >= 4 is 17.9 Å². The Morgan fingerprint density at radius 2 is 1.29 bits per heavy atom. The van der Waals surface area contributed by atoms with Gasteiger partial charge in [0.25, 0.3) is 0 Å². The topological polar surface area (TPSA) is 89.9 Å². The second kappa shape index (κ2) is 15.3. The summed E-state index contributed by atoms with van der Waals surface area (Å²) in [5.41, 5.74) is 0. The van der Waals surface area contributed by atoms with Crippen LogP contribution >= 0.6 is 0 Å². The molecule has 0 aromatic rings. The first kappa shape index (κ1) is 26.4. The number of unbranched alkanes of at least 4 members (excludes halogenated alkanes) is 8. The maximum absolute atomic E-state index is 12.2. The Morgan fingerprint density at radius 1 is 0.786 bits per heavy atom. The second-order valence-corrected chi connectivity index (χ2v) is 8.13. The highest BCUT2D eigenvalue weighted by Crippen LogP contribution is 2.18. The van der Waals surface area contributed by atoms with Gasteiger partial charge in [0.05, 0.1) is 5.92 Å². The lowest BCUT2D eigenvalue weighted by molar-refractivity contribution is -0.184. The number of carboxylic acids is 1. The fourth-order valence-corrected chi connectivity index (χ4v) is 2.86. The zero-order chi connectivity index (χ0) is 21.5. The predicted octanol–water partition coefficient (Wildman–Crippen LogP) is 5.13. The quantitative estimate of drug-likeness (QED) is 0.285. The normalized spacial score (nSPS) is 13.4. The first-order chi connectivity index (χ1) is 13.2. The van der Waals surface area contributed by atoms with Crippen LogP contribution in [0.5, 0.6) is 0 Å². The molecule has 2 atom stereocenters. The molecule has 0 aliphatic rings. The summed E-state index contributed by atoms with van der Waals surface area (Å²) in [5, 5.41) is 9.42. The summed E-state index contributed by atoms with van der Waals surface area (Å²) in [4.78, 5) is 35.5. The first-order valence-corrected chi connectivity index (χ1v) is 10.8. The van der Waals surface area contributed by atoms with E-state index in [4.69, 9.17) is 9.47 Å². The summed E-state index contributed by atoms with van der Waals surface area (Å²) in [6, 6.07) is 0. The number of aliphatic carboxylic acids is 1. The SMILES string of the molecule is CCCCCCCCCCCC(=O)O[C@H](C(C)C)[C@@H](OC(=O)C(C)C)C(=O)O. The maximum Gasteiger partial charge on any atom is 0.349 e. The fraction of sp³-hybridized carbons (Fsp3) is 0.864. The van der Waals surface area contributed by atoms with Crippen LogP contribution in [0.15, 0.2) is 0 Å². The summed E-state index contributed by atoms with van der Waals surface area (Å²) >= 11 is 0. The average Bonchev–Trinajstić information content (AvgIpc) is 2.62. The monoisotopic (exact) mass is 400 g/mol. The highest BCUT2D eigenvalue weighted by molar-refractivity contribution is 5.80. The van der Waals surface area contributed by atoms with Gasteiger partial charge in [0.2, 0.25) is 6.10 Å². The molecule has 0 rings (SSSR count). The van der Waals surface area contributed by atoms with Crippen LogP contribution in [0.3, 0.4) is 0 Å². The minimum absolute atomic E-state index is 0.253. The van der Waals surface area contributed by atoms with Gasteiger partial charge in [0.1, 0.15) is 0 Å². The van der Waals surface area contributed by atoms with Gasteiger partial charge in [-0.1, -0.05) is 86.0 Å². The van der Waals surface area contributed by atoms with Gasteiger partial charge in [-0.25, -0.2) is 4.79 Å². The third-order valence-corrected chi connectivity index (χ3v) is 4.67. The van der Waals surface area contributed by atoms with Crippen LogP contribution in [0.25, 0.3) is 0 Å². The summed E-state index contributed by atoms with van der Waals surface area (Å²) in [6.45, 7) is 8.95. The highest BCUT2D eigenvalue weighted by Gasteiger charge is 2.37. The van der Waals surface area contributed by atoms with Gasteiger partial charge in [0, 0.05) is 6.42 Å². The van der Waals surface area contributed by atoms with E-state index < -0.39 is 36.0 Å². The number of hydrogen-bond donors (Lipinski definition) is 1. The Balaban J connectivity index is 4.34. The van der Waals surface area contributed by atoms with E-state index >= 15 is 0 Å². The minimum atomic E-state index is -1.48. The van der Waals surface area contributed by atoms with E-state index in [0.717, 1.165) is 19.3 Å². The van der Waals surface area contributed by atoms with Gasteiger partial charge in [-0.2, -0.15) is 0 Å². The van der Waals surface area contributed by atoms with Gasteiger partial charge in [-0.05, 0) is 12.3 Å². The molecule has 0 spiro atoms. The molecule has 0 aromatic carbocycles. The first-order valence-electron chi connectivity index (χ1n) is 10.8. The van der Waals surface area contributed by atoms with Crippen molar-refractivity contribution in [3.63, 3.8) is 0 Å². The molecule has 164 valence electrons. The fourth-order valence-electron chi connectivity index (χ4n) is 2.86. The van der Waals surface area contributed by atoms with Crippen LogP contribution in [0.2, 0.25) is 0 Å². The summed E-state index contributed by atoms with van der Waals surface area (Å²) in [6.07, 6.45) is 8.09. The second-order valence-electron chi connectivity index (χ2n) is 8.13. The van der Waals surface area contributed by atoms with E-state index in [1.165, 1.54) is 38.5 Å². The molecule has 0 aliphatic carbocycles. The molecule has 0 radical (unpaired) electrons. The Bertz CT molecular complexity index is 458. The number of esters is 2. The molecule has 1 N–H and O–H groups in total. The van der Waals surface area contributed by atoms with Crippen molar-refractivity contribution in [1.29, 1.82) is 0 Å². The zero-order valence-corrected chi connectivity index (χ0v) is 18.4. The number of carbonyl (C=O) groups is 3. The van der Waals surface area contributed by atoms with E-state index in [9.17, 15) is 19.5 Å². The lowest BCUT2D eigenvalue weighted by Crippen LogP contribution is -2.44. The van der Waals surface area contributed by atoms with Crippen molar-refractivity contribution in [3.8, 4) is 0 Å². The molecule has 0 unspecified atom stereocenters. The van der Waals surface area contributed by atoms with E-state index in [0.29, 0.717) is 0 Å². The predicted molar refractivity (Wildman–Crippen MR) is 109 cm³/mol. The lowest BCUT2D eigenvalue weighted by Gasteiger charge is -2.27. The van der Waals surface area contributed by atoms with Gasteiger partial charge in [0.15, 0.2) is 6.10 Å². The van der Waals surface area contributed by atoms with Crippen molar-refractivity contribution in [2.45, 2.75) is 111 Å². The molecule has 0 amide bonds. The standard InChI is InChI=1S/C22H40O6/c1-6-7-8-9-10-11-12-13-14-15-18(23)27-19(16(2)3)20(21(24)25)28-22(26)17(4)5/h16-17,19-20H,6-15H2,1-5H3,(H,24,25)/t19-,20-/m1/s1. The molecular formula is C22H40O6. The Hall–Kier alpha value is -1.59. The maximum atomic E-state index is 12.2. The number of ether oxygens (including phenoxy) is 2. The molecular weight excluding hydrogens is 360 g/mol. The van der Waals surface area contributed by atoms with E-state index in [1.54, 1.807) is 27.7 Å². The van der Waals surface area contributed by atoms with Crippen LogP contribution in [-0.4, -0.2) is 35.2 Å². The highest BCUT2D eigenvalue weighted by atomic mass is 16.6. The van der Waals surface area contributed by atoms with Crippen LogP contribution in [0.4, 0.5) is 0 Å². The van der Waals surface area contributed by atoms with Crippen LogP contribution in [0.1, 0.15) is 98.8 Å². The van der Waals surface area contributed by atoms with E-state index in [2.05, 4.69) is 6.92 Å². The van der Waals surface area contributed by atoms with Crippen molar-refractivity contribution in [1.82, 2.24) is 0 Å². The third kappa shape index (κ3) is 12.0. The molecule has 6 heteroatoms. The average molecular weight is 401 g/mol. The lowest BCUT2D eigenvalue weighted by atomic mass is 10.0. The third-order valence-electron chi connectivity index (χ3n) is 4.67. The van der Waals surface area contributed by atoms with E-state index in [-0.39, 0.29) is 12.3 Å². The van der Waals surface area contributed by atoms with E-state index in [1.807, 2.05) is 0 Å². The number of carboxylic acid groups (broad SMARTS) is 1. The van der Waals surface area contributed by atoms with Crippen molar-refractivity contribution < 1.29 is 29.0 Å². The van der Waals surface area contributed by atoms with Crippen molar-refractivity contribution in [2.24, 2.45) is 11.8 Å². The minimum Gasteiger partial charge on any atom is -0.478 e. The molecule has 0 saturated carbocycles. The summed E-state index contributed by atoms with van der Waals surface area (Å²) in [5.74, 6) is -3.09. The smallest absolute Gasteiger partial charge is 0.349 e. The van der Waals surface area contributed by atoms with Gasteiger partial charge in [-0.3, -0.25) is 9.59 Å². The molecule has 0 aliphatic heterocycles. The van der Waals surface area contributed by atoms with Gasteiger partial charge >= 0.3 is 17.9 Å². The zero-order valence-electron chi connectivity index (χ0n) is 18.4. The largest absolute Gasteiger partial charge is 0.478 e. The van der Waals surface area contributed by atoms with Crippen LogP contribution < -0.4 is 0 Å².